The molecule has 0 atom stereocenters. The summed E-state index contributed by atoms with van der Waals surface area (Å²) in [5.41, 5.74) is 1.48. The van der Waals surface area contributed by atoms with Crippen molar-refractivity contribution in [2.75, 3.05) is 0 Å². The molecule has 82 valence electrons. The lowest BCUT2D eigenvalue weighted by Crippen LogP contribution is -2.12. The number of aromatic nitrogens is 5. The van der Waals surface area contributed by atoms with Gasteiger partial charge in [-0.05, 0) is 29.0 Å². The predicted molar refractivity (Wildman–Crippen MR) is 53.4 cm³/mol. The van der Waals surface area contributed by atoms with Crippen molar-refractivity contribution in [3.05, 3.63) is 23.9 Å². The third-order valence-electron chi connectivity index (χ3n) is 2.04. The molecule has 7 heteroatoms. The van der Waals surface area contributed by atoms with Gasteiger partial charge in [-0.1, -0.05) is 6.07 Å². The highest BCUT2D eigenvalue weighted by Gasteiger charge is 2.14. The van der Waals surface area contributed by atoms with E-state index < -0.39 is 5.97 Å². The van der Waals surface area contributed by atoms with E-state index in [9.17, 15) is 4.79 Å². The molecule has 0 unspecified atom stereocenters. The van der Waals surface area contributed by atoms with E-state index >= 15 is 0 Å². The van der Waals surface area contributed by atoms with Crippen LogP contribution in [-0.2, 0) is 11.3 Å². The second-order valence-corrected chi connectivity index (χ2v) is 3.22. The molecule has 7 nitrogen and oxygen atoms in total. The maximum Gasteiger partial charge on any atom is 0.325 e. The molecule has 0 aliphatic carbocycles. The highest BCUT2D eigenvalue weighted by Crippen LogP contribution is 2.16. The molecule has 0 radical (unpaired) electrons. The van der Waals surface area contributed by atoms with Gasteiger partial charge in [-0.3, -0.25) is 9.78 Å². The van der Waals surface area contributed by atoms with Gasteiger partial charge in [0.15, 0.2) is 0 Å². The molecule has 0 fully saturated rings. The Labute approximate surface area is 90.7 Å². The Morgan fingerprint density at radius 1 is 1.56 bits per heavy atom. The first-order valence-corrected chi connectivity index (χ1v) is 4.58. The number of aryl methyl sites for hydroxylation is 1. The van der Waals surface area contributed by atoms with E-state index in [0.717, 1.165) is 5.56 Å². The number of pyridine rings is 1. The summed E-state index contributed by atoms with van der Waals surface area (Å²) in [6, 6.07) is 3.66. The fourth-order valence-electron chi connectivity index (χ4n) is 1.33. The molecular formula is C9H9N5O2. The summed E-state index contributed by atoms with van der Waals surface area (Å²) >= 11 is 0. The third kappa shape index (κ3) is 1.88. The van der Waals surface area contributed by atoms with Crippen molar-refractivity contribution >= 4 is 5.97 Å². The molecule has 0 saturated carbocycles. The van der Waals surface area contributed by atoms with Gasteiger partial charge in [-0.15, -0.1) is 5.10 Å². The van der Waals surface area contributed by atoms with Crippen LogP contribution in [0.5, 0.6) is 0 Å². The summed E-state index contributed by atoms with van der Waals surface area (Å²) in [7, 11) is 0. The molecule has 16 heavy (non-hydrogen) atoms. The molecule has 0 saturated heterocycles. The number of carboxylic acids is 1. The van der Waals surface area contributed by atoms with Crippen LogP contribution in [0.1, 0.15) is 5.56 Å². The molecule has 2 aromatic heterocycles. The summed E-state index contributed by atoms with van der Waals surface area (Å²) in [6.07, 6.45) is 1.61. The zero-order valence-electron chi connectivity index (χ0n) is 8.53. The van der Waals surface area contributed by atoms with Crippen LogP contribution in [0.4, 0.5) is 0 Å². The standard InChI is InChI=1S/C9H9N5O2/c1-6-3-2-4-10-8(6)9-11-12-13-14(9)5-7(15)16/h2-4H,5H2,1H3,(H,15,16). The molecular weight excluding hydrogens is 210 g/mol. The number of nitrogens with zero attached hydrogens (tertiary/aromatic N) is 5. The number of hydrogen-bond acceptors (Lipinski definition) is 5. The fraction of sp³-hybridized carbons (Fsp3) is 0.222. The zero-order chi connectivity index (χ0) is 11.5. The van der Waals surface area contributed by atoms with Gasteiger partial charge in [-0.25, -0.2) is 4.68 Å². The van der Waals surface area contributed by atoms with Crippen LogP contribution in [0.3, 0.4) is 0 Å². The van der Waals surface area contributed by atoms with Crippen molar-refractivity contribution in [2.45, 2.75) is 13.5 Å². The van der Waals surface area contributed by atoms with Crippen LogP contribution in [-0.4, -0.2) is 36.3 Å². The smallest absolute Gasteiger partial charge is 0.325 e. The minimum atomic E-state index is -0.998. The zero-order valence-corrected chi connectivity index (χ0v) is 8.53. The first-order valence-electron chi connectivity index (χ1n) is 4.58. The Morgan fingerprint density at radius 2 is 2.38 bits per heavy atom. The predicted octanol–water partition coefficient (Wildman–Crippen LogP) is 0.128. The summed E-state index contributed by atoms with van der Waals surface area (Å²) in [5, 5.41) is 19.5. The summed E-state index contributed by atoms with van der Waals surface area (Å²) in [5.74, 6) is -0.636. The second-order valence-electron chi connectivity index (χ2n) is 3.22. The maximum absolute atomic E-state index is 10.6. The van der Waals surface area contributed by atoms with Crippen molar-refractivity contribution in [2.24, 2.45) is 0 Å². The minimum absolute atomic E-state index is 0.279. The number of carboxylic acid groups (broad SMARTS) is 1. The first kappa shape index (κ1) is 10.2. The average Bonchev–Trinajstić information content (AvgIpc) is 2.66. The number of tetrazole rings is 1. The Bertz CT molecular complexity index is 522. The van der Waals surface area contributed by atoms with E-state index in [0.29, 0.717) is 11.5 Å². The number of carbonyl (C=O) groups is 1. The Hall–Kier alpha value is -2.31. The van der Waals surface area contributed by atoms with E-state index in [-0.39, 0.29) is 6.54 Å². The van der Waals surface area contributed by atoms with Crippen LogP contribution in [0.15, 0.2) is 18.3 Å². The van der Waals surface area contributed by atoms with E-state index in [1.165, 1.54) is 4.68 Å². The SMILES string of the molecule is Cc1cccnc1-c1nnnn1CC(=O)O. The highest BCUT2D eigenvalue weighted by atomic mass is 16.4. The summed E-state index contributed by atoms with van der Waals surface area (Å²) < 4.78 is 1.21. The van der Waals surface area contributed by atoms with Gasteiger partial charge in [0.2, 0.25) is 5.82 Å². The normalized spacial score (nSPS) is 10.3. The average molecular weight is 219 g/mol. The number of hydrogen-bond donors (Lipinski definition) is 1. The van der Waals surface area contributed by atoms with Gasteiger partial charge in [0.25, 0.3) is 0 Å². The van der Waals surface area contributed by atoms with Gasteiger partial charge >= 0.3 is 5.97 Å². The molecule has 2 heterocycles. The van der Waals surface area contributed by atoms with Gasteiger partial charge < -0.3 is 5.11 Å². The molecule has 0 aliphatic heterocycles. The van der Waals surface area contributed by atoms with Crippen LogP contribution >= 0.6 is 0 Å². The van der Waals surface area contributed by atoms with E-state index in [4.69, 9.17) is 5.11 Å². The molecule has 0 spiro atoms. The molecule has 1 N–H and O–H groups in total. The largest absolute Gasteiger partial charge is 0.480 e. The van der Waals surface area contributed by atoms with Crippen molar-refractivity contribution in [3.8, 4) is 11.5 Å². The summed E-state index contributed by atoms with van der Waals surface area (Å²) in [6.45, 7) is 1.58. The lowest BCUT2D eigenvalue weighted by atomic mass is 10.2. The van der Waals surface area contributed by atoms with Crippen molar-refractivity contribution < 1.29 is 9.90 Å². The monoisotopic (exact) mass is 219 g/mol. The lowest BCUT2D eigenvalue weighted by Gasteiger charge is -2.03. The van der Waals surface area contributed by atoms with E-state index in [2.05, 4.69) is 20.5 Å². The summed E-state index contributed by atoms with van der Waals surface area (Å²) in [4.78, 5) is 14.7. The first-order chi connectivity index (χ1) is 7.68. The van der Waals surface area contributed by atoms with Gasteiger partial charge in [0.1, 0.15) is 12.2 Å². The third-order valence-corrected chi connectivity index (χ3v) is 2.04. The number of aliphatic carboxylic acids is 1. The Balaban J connectivity index is 2.45. The maximum atomic E-state index is 10.6. The second kappa shape index (κ2) is 4.05. The molecule has 0 aliphatic rings. The van der Waals surface area contributed by atoms with Crippen LogP contribution < -0.4 is 0 Å². The lowest BCUT2D eigenvalue weighted by molar-refractivity contribution is -0.137. The van der Waals surface area contributed by atoms with Crippen LogP contribution in [0, 0.1) is 6.92 Å². The number of rotatable bonds is 3. The van der Waals surface area contributed by atoms with E-state index in [1.807, 2.05) is 13.0 Å². The molecule has 0 bridgehead atoms. The fourth-order valence-corrected chi connectivity index (χ4v) is 1.33. The van der Waals surface area contributed by atoms with E-state index in [1.54, 1.807) is 12.3 Å². The Kier molecular flexibility index (Phi) is 2.59. The highest BCUT2D eigenvalue weighted by molar-refractivity contribution is 5.67. The van der Waals surface area contributed by atoms with Crippen LogP contribution in [0.25, 0.3) is 11.5 Å². The molecule has 2 aromatic rings. The quantitative estimate of drug-likeness (QED) is 0.788. The minimum Gasteiger partial charge on any atom is -0.480 e. The van der Waals surface area contributed by atoms with Gasteiger partial charge in [0, 0.05) is 6.20 Å². The molecule has 0 aromatic carbocycles. The van der Waals surface area contributed by atoms with Gasteiger partial charge in [-0.2, -0.15) is 0 Å². The Morgan fingerprint density at radius 3 is 3.06 bits per heavy atom. The van der Waals surface area contributed by atoms with Crippen molar-refractivity contribution in [3.63, 3.8) is 0 Å². The van der Waals surface area contributed by atoms with Gasteiger partial charge in [0.05, 0.1) is 0 Å². The van der Waals surface area contributed by atoms with Crippen LogP contribution in [0.2, 0.25) is 0 Å². The van der Waals surface area contributed by atoms with Crippen molar-refractivity contribution in [1.82, 2.24) is 25.2 Å². The molecule has 0 amide bonds. The molecule has 2 rings (SSSR count). The van der Waals surface area contributed by atoms with Crippen molar-refractivity contribution in [1.29, 1.82) is 0 Å². The topological polar surface area (TPSA) is 93.8 Å².